The molecule has 1 aromatic carbocycles. The minimum absolute atomic E-state index is 0. The van der Waals surface area contributed by atoms with Crippen LogP contribution in [-0.4, -0.2) is 16.1 Å². The second-order valence-corrected chi connectivity index (χ2v) is 3.34. The van der Waals surface area contributed by atoms with Crippen LogP contribution in [0.1, 0.15) is 11.3 Å². The van der Waals surface area contributed by atoms with Crippen molar-refractivity contribution in [1.29, 1.82) is 0 Å². The maximum absolute atomic E-state index is 10.6. The SMILES string of the molecule is Cc1[nH]c2ccccc2c1CC(=O)O.Cl. The van der Waals surface area contributed by atoms with Gasteiger partial charge in [-0.2, -0.15) is 0 Å². The predicted octanol–water partition coefficient (Wildman–Crippen LogP) is 2.53. The number of aryl methyl sites for hydroxylation is 1. The van der Waals surface area contributed by atoms with Gasteiger partial charge in [0.25, 0.3) is 0 Å². The van der Waals surface area contributed by atoms with E-state index >= 15 is 0 Å². The third kappa shape index (κ3) is 2.13. The van der Waals surface area contributed by atoms with E-state index in [1.807, 2.05) is 31.2 Å². The Labute approximate surface area is 93.5 Å². The minimum atomic E-state index is -0.794. The monoisotopic (exact) mass is 225 g/mol. The topological polar surface area (TPSA) is 53.1 Å². The van der Waals surface area contributed by atoms with Gasteiger partial charge in [0, 0.05) is 16.6 Å². The number of hydrogen-bond acceptors (Lipinski definition) is 1. The third-order valence-electron chi connectivity index (χ3n) is 2.36. The molecular formula is C11H12ClNO2. The fourth-order valence-corrected chi connectivity index (χ4v) is 1.71. The highest BCUT2D eigenvalue weighted by molar-refractivity contribution is 5.88. The molecule has 0 aliphatic rings. The van der Waals surface area contributed by atoms with Crippen molar-refractivity contribution in [2.75, 3.05) is 0 Å². The molecule has 2 aromatic rings. The average molecular weight is 226 g/mol. The van der Waals surface area contributed by atoms with Gasteiger partial charge in [0.05, 0.1) is 6.42 Å². The molecule has 0 spiro atoms. The summed E-state index contributed by atoms with van der Waals surface area (Å²) in [7, 11) is 0. The molecule has 1 heterocycles. The summed E-state index contributed by atoms with van der Waals surface area (Å²) in [5.41, 5.74) is 2.82. The van der Waals surface area contributed by atoms with Crippen LogP contribution in [0, 0.1) is 6.92 Å². The summed E-state index contributed by atoms with van der Waals surface area (Å²) in [5, 5.41) is 9.76. The van der Waals surface area contributed by atoms with Crippen molar-refractivity contribution in [2.45, 2.75) is 13.3 Å². The largest absolute Gasteiger partial charge is 0.481 e. The molecule has 0 aliphatic heterocycles. The quantitative estimate of drug-likeness (QED) is 0.825. The maximum Gasteiger partial charge on any atom is 0.307 e. The summed E-state index contributed by atoms with van der Waals surface area (Å²) in [6, 6.07) is 7.74. The molecule has 80 valence electrons. The minimum Gasteiger partial charge on any atom is -0.481 e. The summed E-state index contributed by atoms with van der Waals surface area (Å²) in [5.74, 6) is -0.794. The standard InChI is InChI=1S/C11H11NO2.ClH/c1-7-9(6-11(13)14)8-4-2-3-5-10(8)12-7;/h2-5,12H,6H2,1H3,(H,13,14);1H. The van der Waals surface area contributed by atoms with Crippen molar-refractivity contribution >= 4 is 29.3 Å². The number of carboxylic acid groups (broad SMARTS) is 1. The number of para-hydroxylation sites is 1. The molecule has 0 radical (unpaired) electrons. The number of halogens is 1. The summed E-state index contributed by atoms with van der Waals surface area (Å²) >= 11 is 0. The van der Waals surface area contributed by atoms with Crippen molar-refractivity contribution in [3.8, 4) is 0 Å². The second kappa shape index (κ2) is 4.36. The van der Waals surface area contributed by atoms with E-state index < -0.39 is 5.97 Å². The van der Waals surface area contributed by atoms with Crippen LogP contribution in [0.4, 0.5) is 0 Å². The molecule has 0 fully saturated rings. The van der Waals surface area contributed by atoms with Crippen LogP contribution >= 0.6 is 12.4 Å². The van der Waals surface area contributed by atoms with Gasteiger partial charge in [-0.05, 0) is 18.6 Å². The number of carboxylic acids is 1. The first-order valence-corrected chi connectivity index (χ1v) is 4.46. The van der Waals surface area contributed by atoms with Crippen molar-refractivity contribution in [3.05, 3.63) is 35.5 Å². The predicted molar refractivity (Wildman–Crippen MR) is 61.6 cm³/mol. The van der Waals surface area contributed by atoms with Crippen LogP contribution < -0.4 is 0 Å². The first kappa shape index (κ1) is 11.6. The van der Waals surface area contributed by atoms with Crippen molar-refractivity contribution in [3.63, 3.8) is 0 Å². The van der Waals surface area contributed by atoms with Gasteiger partial charge in [-0.1, -0.05) is 18.2 Å². The Kier molecular flexibility index (Phi) is 3.37. The highest BCUT2D eigenvalue weighted by Gasteiger charge is 2.10. The second-order valence-electron chi connectivity index (χ2n) is 3.34. The van der Waals surface area contributed by atoms with E-state index in [-0.39, 0.29) is 18.8 Å². The molecule has 0 unspecified atom stereocenters. The van der Waals surface area contributed by atoms with Crippen molar-refractivity contribution < 1.29 is 9.90 Å². The zero-order valence-corrected chi connectivity index (χ0v) is 9.10. The zero-order valence-electron chi connectivity index (χ0n) is 8.28. The van der Waals surface area contributed by atoms with Crippen LogP contribution in [0.15, 0.2) is 24.3 Å². The van der Waals surface area contributed by atoms with Gasteiger partial charge in [0.1, 0.15) is 0 Å². The summed E-state index contributed by atoms with van der Waals surface area (Å²) in [6.07, 6.45) is 0.0792. The highest BCUT2D eigenvalue weighted by atomic mass is 35.5. The van der Waals surface area contributed by atoms with Crippen molar-refractivity contribution in [1.82, 2.24) is 4.98 Å². The van der Waals surface area contributed by atoms with E-state index in [9.17, 15) is 4.79 Å². The Balaban J connectivity index is 0.00000112. The number of aliphatic carboxylic acids is 1. The molecule has 0 atom stereocenters. The summed E-state index contributed by atoms with van der Waals surface area (Å²) in [6.45, 7) is 1.90. The number of carbonyl (C=O) groups is 1. The number of hydrogen-bond donors (Lipinski definition) is 2. The van der Waals surface area contributed by atoms with E-state index in [2.05, 4.69) is 4.98 Å². The summed E-state index contributed by atoms with van der Waals surface area (Å²) in [4.78, 5) is 13.8. The number of benzene rings is 1. The number of fused-ring (bicyclic) bond motifs is 1. The van der Waals surface area contributed by atoms with Gasteiger partial charge in [-0.3, -0.25) is 4.79 Å². The van der Waals surface area contributed by atoms with Crippen LogP contribution in [-0.2, 0) is 11.2 Å². The number of aromatic nitrogens is 1. The molecule has 1 aromatic heterocycles. The third-order valence-corrected chi connectivity index (χ3v) is 2.36. The first-order valence-electron chi connectivity index (χ1n) is 4.46. The molecule has 0 saturated carbocycles. The van der Waals surface area contributed by atoms with Gasteiger partial charge in [-0.15, -0.1) is 12.4 Å². The molecule has 3 nitrogen and oxygen atoms in total. The Hall–Kier alpha value is -1.48. The van der Waals surface area contributed by atoms with Gasteiger partial charge in [0.2, 0.25) is 0 Å². The van der Waals surface area contributed by atoms with Gasteiger partial charge in [-0.25, -0.2) is 0 Å². The Morgan fingerprint density at radius 3 is 2.73 bits per heavy atom. The highest BCUT2D eigenvalue weighted by Crippen LogP contribution is 2.21. The molecule has 2 N–H and O–H groups in total. The fraction of sp³-hybridized carbons (Fsp3) is 0.182. The molecule has 0 bridgehead atoms. The van der Waals surface area contributed by atoms with E-state index in [0.717, 1.165) is 22.2 Å². The molecular weight excluding hydrogens is 214 g/mol. The first-order chi connectivity index (χ1) is 6.68. The van der Waals surface area contributed by atoms with Crippen LogP contribution in [0.2, 0.25) is 0 Å². The molecule has 0 amide bonds. The Bertz CT molecular complexity index is 490. The fourth-order valence-electron chi connectivity index (χ4n) is 1.71. The van der Waals surface area contributed by atoms with E-state index in [0.29, 0.717) is 0 Å². The van der Waals surface area contributed by atoms with E-state index in [1.165, 1.54) is 0 Å². The lowest BCUT2D eigenvalue weighted by atomic mass is 10.1. The van der Waals surface area contributed by atoms with Gasteiger partial charge in [0.15, 0.2) is 0 Å². The number of aromatic amines is 1. The number of nitrogens with one attached hydrogen (secondary N) is 1. The summed E-state index contributed by atoms with van der Waals surface area (Å²) < 4.78 is 0. The number of rotatable bonds is 2. The molecule has 0 aliphatic carbocycles. The van der Waals surface area contributed by atoms with E-state index in [4.69, 9.17) is 5.11 Å². The van der Waals surface area contributed by atoms with Gasteiger partial charge >= 0.3 is 5.97 Å². The van der Waals surface area contributed by atoms with Crippen LogP contribution in [0.5, 0.6) is 0 Å². The zero-order chi connectivity index (χ0) is 10.1. The smallest absolute Gasteiger partial charge is 0.307 e. The van der Waals surface area contributed by atoms with Crippen LogP contribution in [0.3, 0.4) is 0 Å². The molecule has 4 heteroatoms. The molecule has 2 rings (SSSR count). The molecule has 15 heavy (non-hydrogen) atoms. The normalized spacial score (nSPS) is 9.93. The maximum atomic E-state index is 10.6. The van der Waals surface area contributed by atoms with E-state index in [1.54, 1.807) is 0 Å². The number of H-pyrrole nitrogens is 1. The van der Waals surface area contributed by atoms with Gasteiger partial charge < -0.3 is 10.1 Å². The molecule has 0 saturated heterocycles. The van der Waals surface area contributed by atoms with Crippen LogP contribution in [0.25, 0.3) is 10.9 Å². The lowest BCUT2D eigenvalue weighted by Crippen LogP contribution is -2.00. The Morgan fingerprint density at radius 1 is 1.40 bits per heavy atom. The van der Waals surface area contributed by atoms with Crippen molar-refractivity contribution in [2.24, 2.45) is 0 Å². The lowest BCUT2D eigenvalue weighted by Gasteiger charge is -1.95. The average Bonchev–Trinajstić information content (AvgIpc) is 2.43. The lowest BCUT2D eigenvalue weighted by molar-refractivity contribution is -0.136. The Morgan fingerprint density at radius 2 is 2.07 bits per heavy atom.